The van der Waals surface area contributed by atoms with Crippen molar-refractivity contribution in [2.24, 2.45) is 0 Å². The van der Waals surface area contributed by atoms with E-state index in [2.05, 4.69) is 9.69 Å². The van der Waals surface area contributed by atoms with Gasteiger partial charge in [0, 0.05) is 19.3 Å². The van der Waals surface area contributed by atoms with Crippen LogP contribution in [-0.2, 0) is 5.60 Å². The zero-order valence-electron chi connectivity index (χ0n) is 5.37. The van der Waals surface area contributed by atoms with Crippen LogP contribution in [0.15, 0.2) is 12.3 Å². The number of nitrogens with zero attached hydrogens (tertiary/aromatic N) is 1. The lowest BCUT2D eigenvalue weighted by Gasteiger charge is -2.36. The summed E-state index contributed by atoms with van der Waals surface area (Å²) in [6.45, 7) is 1.32. The smallest absolute Gasteiger partial charge is 0.125 e. The fourth-order valence-corrected chi connectivity index (χ4v) is 1.66. The molecule has 1 aliphatic rings. The zero-order valence-corrected chi connectivity index (χ0v) is 6.19. The summed E-state index contributed by atoms with van der Waals surface area (Å²) in [5.74, 6) is 0. The van der Waals surface area contributed by atoms with Crippen LogP contribution in [0.1, 0.15) is 4.88 Å². The van der Waals surface area contributed by atoms with Gasteiger partial charge < -0.3 is 10.4 Å². The lowest BCUT2D eigenvalue weighted by Crippen LogP contribution is -2.56. The van der Waals surface area contributed by atoms with Gasteiger partial charge in [-0.2, -0.15) is 0 Å². The third-order valence-corrected chi connectivity index (χ3v) is 2.67. The summed E-state index contributed by atoms with van der Waals surface area (Å²) >= 11 is 1.37. The summed E-state index contributed by atoms with van der Waals surface area (Å²) in [5.41, 5.74) is -0.610. The van der Waals surface area contributed by atoms with E-state index in [9.17, 15) is 5.11 Å². The Bertz CT molecular complexity index is 218. The number of hydrogen-bond donors (Lipinski definition) is 2. The largest absolute Gasteiger partial charge is 0.382 e. The average molecular weight is 156 g/mol. The first-order chi connectivity index (χ1) is 4.81. The monoisotopic (exact) mass is 156 g/mol. The molecule has 3 nitrogen and oxygen atoms in total. The standard InChI is InChI=1S/C6H8N2OS/c9-6(3-7-4-6)5-1-2-8-10-5/h1-2,7,9H,3-4H2. The molecule has 1 aromatic rings. The minimum atomic E-state index is -0.610. The van der Waals surface area contributed by atoms with Crippen molar-refractivity contribution in [1.82, 2.24) is 9.69 Å². The van der Waals surface area contributed by atoms with Gasteiger partial charge in [-0.3, -0.25) is 0 Å². The van der Waals surface area contributed by atoms with E-state index < -0.39 is 5.60 Å². The van der Waals surface area contributed by atoms with Crippen molar-refractivity contribution in [3.05, 3.63) is 17.1 Å². The number of hydrogen-bond acceptors (Lipinski definition) is 4. The van der Waals surface area contributed by atoms with Crippen molar-refractivity contribution in [2.75, 3.05) is 13.1 Å². The lowest BCUT2D eigenvalue weighted by atomic mass is 9.96. The number of nitrogens with one attached hydrogen (secondary N) is 1. The number of β-amino-alcohol motifs (C(OH)–C–C–N with tert-alkyl or cyclic N) is 1. The van der Waals surface area contributed by atoms with Crippen molar-refractivity contribution >= 4 is 11.5 Å². The topological polar surface area (TPSA) is 45.2 Å². The highest BCUT2D eigenvalue weighted by Gasteiger charge is 2.37. The van der Waals surface area contributed by atoms with Crippen molar-refractivity contribution in [3.63, 3.8) is 0 Å². The molecule has 4 heteroatoms. The van der Waals surface area contributed by atoms with E-state index in [-0.39, 0.29) is 0 Å². The summed E-state index contributed by atoms with van der Waals surface area (Å²) in [7, 11) is 0. The highest BCUT2D eigenvalue weighted by Crippen LogP contribution is 2.27. The van der Waals surface area contributed by atoms with Crippen LogP contribution < -0.4 is 5.32 Å². The molecule has 1 saturated heterocycles. The molecule has 0 spiro atoms. The molecular weight excluding hydrogens is 148 g/mol. The van der Waals surface area contributed by atoms with Gasteiger partial charge in [0.15, 0.2) is 0 Å². The van der Waals surface area contributed by atoms with Gasteiger partial charge in [-0.05, 0) is 17.6 Å². The molecule has 1 fully saturated rings. The lowest BCUT2D eigenvalue weighted by molar-refractivity contribution is -0.0112. The van der Waals surface area contributed by atoms with Gasteiger partial charge in [0.05, 0.1) is 4.88 Å². The molecule has 0 unspecified atom stereocenters. The van der Waals surface area contributed by atoms with E-state index in [1.165, 1.54) is 11.5 Å². The third kappa shape index (κ3) is 0.767. The maximum atomic E-state index is 9.68. The van der Waals surface area contributed by atoms with Crippen LogP contribution in [0.3, 0.4) is 0 Å². The van der Waals surface area contributed by atoms with Crippen molar-refractivity contribution in [3.8, 4) is 0 Å². The fraction of sp³-hybridized carbons (Fsp3) is 0.500. The molecule has 2 N–H and O–H groups in total. The van der Waals surface area contributed by atoms with Crippen LogP contribution in [0.2, 0.25) is 0 Å². The minimum Gasteiger partial charge on any atom is -0.382 e. The highest BCUT2D eigenvalue weighted by atomic mass is 32.1. The molecule has 1 aliphatic heterocycles. The zero-order chi connectivity index (χ0) is 7.03. The Kier molecular flexibility index (Phi) is 1.26. The SMILES string of the molecule is OC1(c2ccns2)CNC1. The maximum absolute atomic E-state index is 9.68. The molecule has 2 rings (SSSR count). The van der Waals surface area contributed by atoms with Crippen LogP contribution in [0.4, 0.5) is 0 Å². The predicted molar refractivity (Wildman–Crippen MR) is 38.9 cm³/mol. The third-order valence-electron chi connectivity index (χ3n) is 1.73. The summed E-state index contributed by atoms with van der Waals surface area (Å²) < 4.78 is 3.92. The Labute approximate surface area is 62.9 Å². The Morgan fingerprint density at radius 1 is 1.70 bits per heavy atom. The molecule has 0 saturated carbocycles. The first-order valence-corrected chi connectivity index (χ1v) is 3.93. The second-order valence-corrected chi connectivity index (χ2v) is 3.35. The number of aromatic nitrogens is 1. The van der Waals surface area contributed by atoms with Gasteiger partial charge in [0.1, 0.15) is 5.60 Å². The summed E-state index contributed by atoms with van der Waals surface area (Å²) in [4.78, 5) is 0.964. The number of aliphatic hydroxyl groups is 1. The molecule has 0 bridgehead atoms. The average Bonchev–Trinajstić information content (AvgIpc) is 2.33. The van der Waals surface area contributed by atoms with E-state index in [4.69, 9.17) is 0 Å². The Hall–Kier alpha value is -0.450. The van der Waals surface area contributed by atoms with Gasteiger partial charge in [0.2, 0.25) is 0 Å². The van der Waals surface area contributed by atoms with Gasteiger partial charge in [-0.1, -0.05) is 0 Å². The molecule has 1 aromatic heterocycles. The normalized spacial score (nSPS) is 22.1. The Morgan fingerprint density at radius 3 is 2.90 bits per heavy atom. The fourth-order valence-electron chi connectivity index (χ4n) is 0.992. The van der Waals surface area contributed by atoms with E-state index >= 15 is 0 Å². The second-order valence-electron chi connectivity index (χ2n) is 2.51. The van der Waals surface area contributed by atoms with Crippen LogP contribution in [0, 0.1) is 0 Å². The molecule has 54 valence electrons. The second kappa shape index (κ2) is 2.02. The van der Waals surface area contributed by atoms with E-state index in [0.717, 1.165) is 4.88 Å². The van der Waals surface area contributed by atoms with Crippen LogP contribution in [0.5, 0.6) is 0 Å². The van der Waals surface area contributed by atoms with E-state index in [1.807, 2.05) is 6.07 Å². The van der Waals surface area contributed by atoms with E-state index in [1.54, 1.807) is 6.20 Å². The Balaban J connectivity index is 2.27. The van der Waals surface area contributed by atoms with Gasteiger partial charge in [-0.15, -0.1) is 0 Å². The predicted octanol–water partition coefficient (Wildman–Crippen LogP) is -0.0661. The van der Waals surface area contributed by atoms with E-state index in [0.29, 0.717) is 13.1 Å². The molecule has 0 atom stereocenters. The first-order valence-electron chi connectivity index (χ1n) is 3.15. The molecule has 2 heterocycles. The summed E-state index contributed by atoms with van der Waals surface area (Å²) in [6, 6.07) is 1.87. The molecule has 0 radical (unpaired) electrons. The minimum absolute atomic E-state index is 0.610. The van der Waals surface area contributed by atoms with Crippen molar-refractivity contribution < 1.29 is 5.11 Å². The number of rotatable bonds is 1. The van der Waals surface area contributed by atoms with Gasteiger partial charge in [0.25, 0.3) is 0 Å². The quantitative estimate of drug-likeness (QED) is 0.598. The first kappa shape index (κ1) is 6.27. The van der Waals surface area contributed by atoms with Crippen molar-refractivity contribution in [2.45, 2.75) is 5.60 Å². The molecule has 0 aromatic carbocycles. The van der Waals surface area contributed by atoms with Crippen LogP contribution in [-0.4, -0.2) is 22.6 Å². The van der Waals surface area contributed by atoms with Crippen LogP contribution in [0.25, 0.3) is 0 Å². The van der Waals surface area contributed by atoms with Crippen molar-refractivity contribution in [1.29, 1.82) is 0 Å². The Morgan fingerprint density at radius 2 is 2.50 bits per heavy atom. The molecule has 0 aliphatic carbocycles. The maximum Gasteiger partial charge on any atom is 0.125 e. The molecule has 10 heavy (non-hydrogen) atoms. The molecular formula is C6H8N2OS. The summed E-state index contributed by atoms with van der Waals surface area (Å²) in [6.07, 6.45) is 1.72. The highest BCUT2D eigenvalue weighted by molar-refractivity contribution is 7.05. The summed E-state index contributed by atoms with van der Waals surface area (Å²) in [5, 5.41) is 12.7. The van der Waals surface area contributed by atoms with Gasteiger partial charge >= 0.3 is 0 Å². The van der Waals surface area contributed by atoms with Crippen LogP contribution >= 0.6 is 11.5 Å². The van der Waals surface area contributed by atoms with Gasteiger partial charge in [-0.25, -0.2) is 4.37 Å². The molecule has 0 amide bonds.